The second-order valence-corrected chi connectivity index (χ2v) is 10.7. The van der Waals surface area contributed by atoms with E-state index in [0.717, 1.165) is 0 Å². The van der Waals surface area contributed by atoms with Crippen LogP contribution in [0.15, 0.2) is 48.5 Å². The van der Waals surface area contributed by atoms with Gasteiger partial charge in [-0.2, -0.15) is 0 Å². The second-order valence-electron chi connectivity index (χ2n) is 10.7. The average molecular weight is 419 g/mol. The fraction of sp³-hybridized carbons (Fsp3) is 0.548. The Labute approximate surface area is 192 Å². The third kappa shape index (κ3) is 6.58. The summed E-state index contributed by atoms with van der Waals surface area (Å²) < 4.78 is 0. The van der Waals surface area contributed by atoms with E-state index >= 15 is 0 Å². The Morgan fingerprint density at radius 3 is 1.19 bits per heavy atom. The SMILES string of the molecule is CCC.CCCCC(C)(C)c1ccc2cc3cc(C(C)(C)CCCC)ccc3cc2c1. The Kier molecular flexibility index (Phi) is 9.16. The van der Waals surface area contributed by atoms with Crippen molar-refractivity contribution in [2.45, 2.75) is 111 Å². The Morgan fingerprint density at radius 2 is 0.871 bits per heavy atom. The number of unbranched alkanes of at least 4 members (excludes halogenated alkanes) is 2. The minimum atomic E-state index is 0.242. The molecule has 3 aromatic carbocycles. The van der Waals surface area contributed by atoms with E-state index in [4.69, 9.17) is 0 Å². The van der Waals surface area contributed by atoms with Crippen molar-refractivity contribution in [3.8, 4) is 0 Å². The Morgan fingerprint density at radius 1 is 0.516 bits per heavy atom. The van der Waals surface area contributed by atoms with Gasteiger partial charge in [0.15, 0.2) is 0 Å². The molecule has 31 heavy (non-hydrogen) atoms. The van der Waals surface area contributed by atoms with E-state index in [1.54, 1.807) is 0 Å². The molecule has 170 valence electrons. The molecule has 3 rings (SSSR count). The summed E-state index contributed by atoms with van der Waals surface area (Å²) in [6.45, 7) is 18.3. The molecule has 0 bridgehead atoms. The first-order chi connectivity index (χ1) is 14.7. The molecular formula is C31H46. The minimum Gasteiger partial charge on any atom is -0.0656 e. The van der Waals surface area contributed by atoms with E-state index in [0.29, 0.717) is 0 Å². The molecule has 0 heterocycles. The third-order valence-corrected chi connectivity index (χ3v) is 6.67. The van der Waals surface area contributed by atoms with Gasteiger partial charge in [0, 0.05) is 0 Å². The molecule has 0 aliphatic rings. The largest absolute Gasteiger partial charge is 0.0656 e. The van der Waals surface area contributed by atoms with Crippen LogP contribution in [0, 0.1) is 0 Å². The number of hydrogen-bond acceptors (Lipinski definition) is 0. The van der Waals surface area contributed by atoms with Gasteiger partial charge in [0.25, 0.3) is 0 Å². The zero-order valence-corrected chi connectivity index (χ0v) is 21.6. The highest BCUT2D eigenvalue weighted by atomic mass is 14.3. The Hall–Kier alpha value is -1.82. The molecule has 0 fully saturated rings. The van der Waals surface area contributed by atoms with Crippen LogP contribution in [0.2, 0.25) is 0 Å². The van der Waals surface area contributed by atoms with Gasteiger partial charge in [-0.05, 0) is 68.5 Å². The fourth-order valence-electron chi connectivity index (χ4n) is 4.37. The standard InChI is InChI=1S/C28H38.C3H8/c1-7-9-15-27(3,4)25-13-11-21-18-24-20-26(28(5,6)16-10-8-2)14-12-22(24)17-23(21)19-25;1-3-2/h11-14,17-20H,7-10,15-16H2,1-6H3;3H2,1-2H3. The summed E-state index contributed by atoms with van der Waals surface area (Å²) in [4.78, 5) is 0. The van der Waals surface area contributed by atoms with Crippen molar-refractivity contribution in [2.75, 3.05) is 0 Å². The zero-order chi connectivity index (χ0) is 23.1. The lowest BCUT2D eigenvalue weighted by molar-refractivity contribution is 0.458. The van der Waals surface area contributed by atoms with Gasteiger partial charge in [-0.3, -0.25) is 0 Å². The molecule has 0 aromatic heterocycles. The van der Waals surface area contributed by atoms with Gasteiger partial charge in [-0.15, -0.1) is 0 Å². The van der Waals surface area contributed by atoms with Crippen molar-refractivity contribution >= 4 is 21.5 Å². The number of fused-ring (bicyclic) bond motifs is 2. The molecule has 0 aliphatic carbocycles. The average Bonchev–Trinajstić information content (AvgIpc) is 2.74. The summed E-state index contributed by atoms with van der Waals surface area (Å²) in [7, 11) is 0. The predicted molar refractivity (Wildman–Crippen MR) is 143 cm³/mol. The number of benzene rings is 3. The highest BCUT2D eigenvalue weighted by molar-refractivity contribution is 5.98. The molecule has 3 aromatic rings. The van der Waals surface area contributed by atoms with Crippen molar-refractivity contribution in [1.29, 1.82) is 0 Å². The molecule has 0 saturated carbocycles. The van der Waals surface area contributed by atoms with Gasteiger partial charge in [0.2, 0.25) is 0 Å². The van der Waals surface area contributed by atoms with E-state index in [9.17, 15) is 0 Å². The number of rotatable bonds is 8. The van der Waals surface area contributed by atoms with Crippen LogP contribution >= 0.6 is 0 Å². The Balaban J connectivity index is 0.00000107. The smallest absolute Gasteiger partial charge is 0.0103 e. The van der Waals surface area contributed by atoms with Crippen LogP contribution in [0.4, 0.5) is 0 Å². The van der Waals surface area contributed by atoms with E-state index in [-0.39, 0.29) is 10.8 Å². The Bertz CT molecular complexity index is 879. The lowest BCUT2D eigenvalue weighted by Gasteiger charge is -2.26. The van der Waals surface area contributed by atoms with E-state index in [2.05, 4.69) is 104 Å². The second kappa shape index (κ2) is 11.2. The molecule has 0 N–H and O–H groups in total. The minimum absolute atomic E-state index is 0.242. The molecule has 0 saturated heterocycles. The molecule has 0 unspecified atom stereocenters. The highest BCUT2D eigenvalue weighted by Crippen LogP contribution is 2.35. The lowest BCUT2D eigenvalue weighted by Crippen LogP contribution is -2.17. The summed E-state index contributed by atoms with van der Waals surface area (Å²) in [5, 5.41) is 5.44. The molecule has 0 aliphatic heterocycles. The summed E-state index contributed by atoms with van der Waals surface area (Å²) in [6, 6.07) is 18.9. The van der Waals surface area contributed by atoms with E-state index < -0.39 is 0 Å². The van der Waals surface area contributed by atoms with Crippen LogP contribution in [0.1, 0.15) is 111 Å². The first-order valence-corrected chi connectivity index (χ1v) is 12.7. The van der Waals surface area contributed by atoms with Crippen molar-refractivity contribution in [1.82, 2.24) is 0 Å². The summed E-state index contributed by atoms with van der Waals surface area (Å²) in [5.74, 6) is 0. The summed E-state index contributed by atoms with van der Waals surface area (Å²) in [5.41, 5.74) is 3.41. The maximum Gasteiger partial charge on any atom is -0.0103 e. The topological polar surface area (TPSA) is 0 Å². The van der Waals surface area contributed by atoms with Crippen molar-refractivity contribution in [2.24, 2.45) is 0 Å². The first kappa shape index (κ1) is 25.4. The van der Waals surface area contributed by atoms with Gasteiger partial charge in [-0.25, -0.2) is 0 Å². The van der Waals surface area contributed by atoms with Crippen LogP contribution < -0.4 is 0 Å². The van der Waals surface area contributed by atoms with Crippen LogP contribution in [-0.2, 0) is 10.8 Å². The predicted octanol–water partition coefficient (Wildman–Crippen LogP) is 10.3. The maximum absolute atomic E-state index is 2.42. The van der Waals surface area contributed by atoms with Crippen LogP contribution in [0.5, 0.6) is 0 Å². The zero-order valence-electron chi connectivity index (χ0n) is 21.6. The van der Waals surface area contributed by atoms with Crippen LogP contribution in [0.3, 0.4) is 0 Å². The molecule has 0 spiro atoms. The van der Waals surface area contributed by atoms with E-state index in [1.807, 2.05) is 0 Å². The van der Waals surface area contributed by atoms with Crippen molar-refractivity contribution < 1.29 is 0 Å². The van der Waals surface area contributed by atoms with E-state index in [1.165, 1.54) is 77.6 Å². The molecule has 0 atom stereocenters. The van der Waals surface area contributed by atoms with Crippen molar-refractivity contribution in [3.05, 3.63) is 59.7 Å². The summed E-state index contributed by atoms with van der Waals surface area (Å²) in [6.07, 6.45) is 8.85. The molecule has 0 amide bonds. The van der Waals surface area contributed by atoms with Crippen LogP contribution in [-0.4, -0.2) is 0 Å². The quantitative estimate of drug-likeness (QED) is 0.319. The third-order valence-electron chi connectivity index (χ3n) is 6.67. The monoisotopic (exact) mass is 418 g/mol. The van der Waals surface area contributed by atoms with Gasteiger partial charge in [0.05, 0.1) is 0 Å². The highest BCUT2D eigenvalue weighted by Gasteiger charge is 2.21. The van der Waals surface area contributed by atoms with Gasteiger partial charge < -0.3 is 0 Å². The molecular weight excluding hydrogens is 372 g/mol. The molecule has 0 radical (unpaired) electrons. The number of hydrogen-bond donors (Lipinski definition) is 0. The van der Waals surface area contributed by atoms with Crippen LogP contribution in [0.25, 0.3) is 21.5 Å². The fourth-order valence-corrected chi connectivity index (χ4v) is 4.37. The molecule has 0 nitrogen and oxygen atoms in total. The van der Waals surface area contributed by atoms with Gasteiger partial charge in [-0.1, -0.05) is 124 Å². The van der Waals surface area contributed by atoms with Gasteiger partial charge in [0.1, 0.15) is 0 Å². The van der Waals surface area contributed by atoms with Crippen molar-refractivity contribution in [3.63, 3.8) is 0 Å². The maximum atomic E-state index is 2.42. The molecule has 0 heteroatoms. The summed E-state index contributed by atoms with van der Waals surface area (Å²) >= 11 is 0. The first-order valence-electron chi connectivity index (χ1n) is 12.7. The normalized spacial score (nSPS) is 12.1. The lowest BCUT2D eigenvalue weighted by atomic mass is 9.78. The van der Waals surface area contributed by atoms with Gasteiger partial charge >= 0.3 is 0 Å².